The normalized spacial score (nSPS) is 37.6. The van der Waals surface area contributed by atoms with Crippen LogP contribution < -0.4 is 0 Å². The van der Waals surface area contributed by atoms with Crippen LogP contribution in [-0.4, -0.2) is 68.8 Å². The molecule has 0 amide bonds. The van der Waals surface area contributed by atoms with Crippen molar-refractivity contribution >= 4 is 24.6 Å². The van der Waals surface area contributed by atoms with Gasteiger partial charge in [-0.25, -0.2) is 4.79 Å². The molecule has 0 aromatic heterocycles. The van der Waals surface area contributed by atoms with E-state index in [4.69, 9.17) is 10.2 Å². The molecule has 5 atom stereocenters. The molecule has 0 aliphatic carbocycles. The van der Waals surface area contributed by atoms with E-state index in [1.54, 1.807) is 0 Å². The first kappa shape index (κ1) is 14.4. The summed E-state index contributed by atoms with van der Waals surface area (Å²) in [4.78, 5) is 22.1. The van der Waals surface area contributed by atoms with Gasteiger partial charge < -0.3 is 29.9 Å². The van der Waals surface area contributed by atoms with E-state index in [1.165, 1.54) is 0 Å². The molecule has 8 nitrogen and oxygen atoms in total. The summed E-state index contributed by atoms with van der Waals surface area (Å²) in [5.74, 6) is -2.60. The standard InChI is InChI=1S/C8H12O8S/c9-2(1-17)15-8(14)6-4(11)3(10)5(12)7(13)16-6/h3-7,10-13,17H,1H2/t3-,4-,5+,6-,7+/m0/s1. The molecule has 0 aromatic carbocycles. The molecule has 0 bridgehead atoms. The monoisotopic (exact) mass is 268 g/mol. The number of hydrogen-bond donors (Lipinski definition) is 5. The van der Waals surface area contributed by atoms with Crippen LogP contribution in [0.15, 0.2) is 0 Å². The Morgan fingerprint density at radius 2 is 1.71 bits per heavy atom. The molecule has 9 heteroatoms. The van der Waals surface area contributed by atoms with Crippen molar-refractivity contribution in [1.82, 2.24) is 0 Å². The Kier molecular flexibility index (Phi) is 4.86. The maximum Gasteiger partial charge on any atom is 0.345 e. The SMILES string of the molecule is O=C(CS)OC(=O)[C@H]1O[C@@H](O)[C@H](O)[C@@H](O)[C@@H]1O. The predicted molar refractivity (Wildman–Crippen MR) is 53.9 cm³/mol. The summed E-state index contributed by atoms with van der Waals surface area (Å²) in [5.41, 5.74) is 0. The fourth-order valence-electron chi connectivity index (χ4n) is 1.26. The Morgan fingerprint density at radius 3 is 2.24 bits per heavy atom. The Balaban J connectivity index is 2.70. The number of ether oxygens (including phenoxy) is 2. The van der Waals surface area contributed by atoms with Crippen LogP contribution in [0.25, 0.3) is 0 Å². The first-order valence-corrected chi connectivity index (χ1v) is 5.24. The third kappa shape index (κ3) is 3.15. The van der Waals surface area contributed by atoms with Crippen molar-refractivity contribution in [3.8, 4) is 0 Å². The van der Waals surface area contributed by atoms with Gasteiger partial charge in [-0.1, -0.05) is 0 Å². The third-order valence-electron chi connectivity index (χ3n) is 2.16. The minimum Gasteiger partial charge on any atom is -0.391 e. The second kappa shape index (κ2) is 5.76. The molecule has 1 aliphatic rings. The fourth-order valence-corrected chi connectivity index (χ4v) is 1.32. The van der Waals surface area contributed by atoms with Crippen LogP contribution in [0.2, 0.25) is 0 Å². The summed E-state index contributed by atoms with van der Waals surface area (Å²) in [6, 6.07) is 0. The molecular formula is C8H12O8S. The van der Waals surface area contributed by atoms with Gasteiger partial charge in [0.25, 0.3) is 0 Å². The smallest absolute Gasteiger partial charge is 0.345 e. The highest BCUT2D eigenvalue weighted by molar-refractivity contribution is 7.81. The lowest BCUT2D eigenvalue weighted by molar-refractivity contribution is -0.280. The van der Waals surface area contributed by atoms with Gasteiger partial charge in [-0.3, -0.25) is 4.79 Å². The summed E-state index contributed by atoms with van der Waals surface area (Å²) in [6.07, 6.45) is -8.98. The Bertz CT molecular complexity index is 308. The lowest BCUT2D eigenvalue weighted by Crippen LogP contribution is -2.60. The number of aliphatic hydroxyl groups is 4. The van der Waals surface area contributed by atoms with Gasteiger partial charge in [-0.05, 0) is 0 Å². The maximum atomic E-state index is 11.3. The molecule has 4 N–H and O–H groups in total. The number of esters is 2. The molecule has 1 aliphatic heterocycles. The second-order valence-corrected chi connectivity index (χ2v) is 3.69. The summed E-state index contributed by atoms with van der Waals surface area (Å²) in [6.45, 7) is 0. The second-order valence-electron chi connectivity index (χ2n) is 3.37. The van der Waals surface area contributed by atoms with Crippen molar-refractivity contribution in [1.29, 1.82) is 0 Å². The molecule has 1 heterocycles. The molecule has 0 saturated carbocycles. The first-order valence-electron chi connectivity index (χ1n) is 4.61. The van der Waals surface area contributed by atoms with Crippen LogP contribution in [0.3, 0.4) is 0 Å². The molecular weight excluding hydrogens is 256 g/mol. The van der Waals surface area contributed by atoms with Crippen LogP contribution in [0.4, 0.5) is 0 Å². The van der Waals surface area contributed by atoms with Crippen molar-refractivity contribution in [2.45, 2.75) is 30.7 Å². The van der Waals surface area contributed by atoms with Crippen LogP contribution in [0.5, 0.6) is 0 Å². The number of hydrogen-bond acceptors (Lipinski definition) is 9. The number of thiol groups is 1. The highest BCUT2D eigenvalue weighted by Gasteiger charge is 2.47. The summed E-state index contributed by atoms with van der Waals surface area (Å²) in [5, 5.41) is 36.9. The minimum absolute atomic E-state index is 0.359. The first-order chi connectivity index (χ1) is 7.88. The summed E-state index contributed by atoms with van der Waals surface area (Å²) < 4.78 is 8.73. The lowest BCUT2D eigenvalue weighted by Gasteiger charge is -2.36. The van der Waals surface area contributed by atoms with E-state index < -0.39 is 42.6 Å². The lowest BCUT2D eigenvalue weighted by atomic mass is 9.99. The van der Waals surface area contributed by atoms with Crippen molar-refractivity contribution in [3.05, 3.63) is 0 Å². The molecule has 0 radical (unpaired) electrons. The van der Waals surface area contributed by atoms with Gasteiger partial charge in [-0.15, -0.1) is 0 Å². The average molecular weight is 268 g/mol. The van der Waals surface area contributed by atoms with Crippen LogP contribution in [0, 0.1) is 0 Å². The number of rotatable bonds is 2. The van der Waals surface area contributed by atoms with Gasteiger partial charge in [0.2, 0.25) is 0 Å². The Morgan fingerprint density at radius 1 is 1.12 bits per heavy atom. The van der Waals surface area contributed by atoms with Crippen molar-refractivity contribution < 1.29 is 39.5 Å². The molecule has 0 spiro atoms. The highest BCUT2D eigenvalue weighted by atomic mass is 32.1. The van der Waals surface area contributed by atoms with Crippen molar-refractivity contribution in [3.63, 3.8) is 0 Å². The summed E-state index contributed by atoms with van der Waals surface area (Å²) >= 11 is 3.56. The molecule has 1 fully saturated rings. The minimum atomic E-state index is -1.86. The molecule has 98 valence electrons. The molecule has 1 rings (SSSR count). The third-order valence-corrected chi connectivity index (χ3v) is 2.42. The zero-order chi connectivity index (χ0) is 13.2. The highest BCUT2D eigenvalue weighted by Crippen LogP contribution is 2.20. The van der Waals surface area contributed by atoms with Crippen LogP contribution in [0.1, 0.15) is 0 Å². The largest absolute Gasteiger partial charge is 0.391 e. The Labute approximate surface area is 101 Å². The van der Waals surface area contributed by atoms with E-state index in [0.29, 0.717) is 0 Å². The zero-order valence-electron chi connectivity index (χ0n) is 8.46. The van der Waals surface area contributed by atoms with E-state index in [2.05, 4.69) is 22.1 Å². The zero-order valence-corrected chi connectivity index (χ0v) is 9.36. The van der Waals surface area contributed by atoms with Crippen molar-refractivity contribution in [2.24, 2.45) is 0 Å². The maximum absolute atomic E-state index is 11.3. The van der Waals surface area contributed by atoms with Gasteiger partial charge in [0.05, 0.1) is 5.75 Å². The topological polar surface area (TPSA) is 134 Å². The average Bonchev–Trinajstić information content (AvgIpc) is 2.30. The van der Waals surface area contributed by atoms with Crippen LogP contribution in [-0.2, 0) is 19.1 Å². The summed E-state index contributed by atoms with van der Waals surface area (Å²) in [7, 11) is 0. The van der Waals surface area contributed by atoms with E-state index in [1.807, 2.05) is 0 Å². The van der Waals surface area contributed by atoms with Crippen molar-refractivity contribution in [2.75, 3.05) is 5.75 Å². The van der Waals surface area contributed by atoms with Gasteiger partial charge >= 0.3 is 11.9 Å². The number of carbonyl (C=O) groups excluding carboxylic acids is 2. The van der Waals surface area contributed by atoms with Crippen LogP contribution >= 0.6 is 12.6 Å². The Hall–Kier alpha value is -0.710. The number of aliphatic hydroxyl groups excluding tert-OH is 4. The molecule has 1 saturated heterocycles. The van der Waals surface area contributed by atoms with E-state index in [0.717, 1.165) is 0 Å². The van der Waals surface area contributed by atoms with E-state index in [9.17, 15) is 19.8 Å². The fraction of sp³-hybridized carbons (Fsp3) is 0.750. The van der Waals surface area contributed by atoms with Gasteiger partial charge in [0.1, 0.15) is 18.3 Å². The molecule has 0 unspecified atom stereocenters. The van der Waals surface area contributed by atoms with Gasteiger partial charge in [0.15, 0.2) is 12.4 Å². The predicted octanol–water partition coefficient (Wildman–Crippen LogP) is -3.21. The molecule has 0 aromatic rings. The van der Waals surface area contributed by atoms with E-state index in [-0.39, 0.29) is 5.75 Å². The number of carbonyl (C=O) groups is 2. The van der Waals surface area contributed by atoms with Gasteiger partial charge in [-0.2, -0.15) is 12.6 Å². The van der Waals surface area contributed by atoms with E-state index >= 15 is 0 Å². The quantitative estimate of drug-likeness (QED) is 0.201. The molecule has 17 heavy (non-hydrogen) atoms. The van der Waals surface area contributed by atoms with Gasteiger partial charge in [0, 0.05) is 0 Å².